The normalized spacial score (nSPS) is 18.6. The highest BCUT2D eigenvalue weighted by Gasteiger charge is 2.34. The van der Waals surface area contributed by atoms with Crippen LogP contribution in [0.3, 0.4) is 0 Å². The molecule has 0 aliphatic carbocycles. The Hall–Kier alpha value is -1.46. The number of carbonyl (C=O) groups is 1. The van der Waals surface area contributed by atoms with Crippen molar-refractivity contribution in [2.24, 2.45) is 10.7 Å². The van der Waals surface area contributed by atoms with Crippen molar-refractivity contribution in [1.82, 2.24) is 0 Å². The number of nitrogens with two attached hydrogens (primary N) is 1. The predicted octanol–water partition coefficient (Wildman–Crippen LogP) is 4.43. The second-order valence-electron chi connectivity index (χ2n) is 8.25. The first kappa shape index (κ1) is 25.6. The van der Waals surface area contributed by atoms with Crippen LogP contribution in [0.2, 0.25) is 0 Å². The molecule has 0 bridgehead atoms. The SMILES string of the molecule is CCCCCCCC/C=C/CCCCCCCC1=NC=C[N+]1(CCN)CC(=O)[O-]. The van der Waals surface area contributed by atoms with Crippen LogP contribution in [0.1, 0.15) is 96.8 Å². The second-order valence-corrected chi connectivity index (χ2v) is 8.25. The Morgan fingerprint density at radius 3 is 2.17 bits per heavy atom. The molecule has 2 N–H and O–H groups in total. The number of nitrogens with zero attached hydrogens (tertiary/aromatic N) is 2. The molecule has 29 heavy (non-hydrogen) atoms. The summed E-state index contributed by atoms with van der Waals surface area (Å²) in [6, 6.07) is 0. The fourth-order valence-corrected chi connectivity index (χ4v) is 3.98. The molecule has 0 fully saturated rings. The van der Waals surface area contributed by atoms with Crippen LogP contribution in [0.15, 0.2) is 29.5 Å². The van der Waals surface area contributed by atoms with E-state index in [2.05, 4.69) is 24.1 Å². The highest BCUT2D eigenvalue weighted by molar-refractivity contribution is 5.80. The topological polar surface area (TPSA) is 78.5 Å². The minimum absolute atomic E-state index is 0.0718. The summed E-state index contributed by atoms with van der Waals surface area (Å²) in [7, 11) is 0. The molecule has 166 valence electrons. The number of hydrogen-bond acceptors (Lipinski definition) is 4. The van der Waals surface area contributed by atoms with Gasteiger partial charge in [0, 0.05) is 13.0 Å². The lowest BCUT2D eigenvalue weighted by Gasteiger charge is -2.32. The van der Waals surface area contributed by atoms with Crippen molar-refractivity contribution in [3.05, 3.63) is 24.6 Å². The number of unbranched alkanes of at least 4 members (excludes halogenated alkanes) is 11. The van der Waals surface area contributed by atoms with Gasteiger partial charge in [0.05, 0.1) is 12.2 Å². The summed E-state index contributed by atoms with van der Waals surface area (Å²) < 4.78 is 0.238. The molecule has 5 heteroatoms. The number of quaternary nitrogens is 1. The van der Waals surface area contributed by atoms with E-state index in [0.29, 0.717) is 13.1 Å². The lowest BCUT2D eigenvalue weighted by molar-refractivity contribution is -0.780. The van der Waals surface area contributed by atoms with E-state index in [1.54, 1.807) is 6.20 Å². The molecule has 1 atom stereocenters. The van der Waals surface area contributed by atoms with Gasteiger partial charge in [-0.25, -0.2) is 9.48 Å². The summed E-state index contributed by atoms with van der Waals surface area (Å²) in [6.07, 6.45) is 25.7. The maximum atomic E-state index is 11.1. The molecular formula is C24H43N3O2. The molecule has 1 aliphatic heterocycles. The number of carboxylic acid groups (broad SMARTS) is 1. The maximum absolute atomic E-state index is 11.1. The van der Waals surface area contributed by atoms with Crippen molar-refractivity contribution in [2.75, 3.05) is 19.6 Å². The van der Waals surface area contributed by atoms with E-state index in [4.69, 9.17) is 5.73 Å². The Morgan fingerprint density at radius 1 is 1.00 bits per heavy atom. The molecule has 0 saturated carbocycles. The number of carboxylic acids is 1. The summed E-state index contributed by atoms with van der Waals surface area (Å²) in [5.74, 6) is -0.139. The first-order chi connectivity index (χ1) is 14.1. The smallest absolute Gasteiger partial charge is 0.207 e. The first-order valence-corrected chi connectivity index (χ1v) is 11.8. The highest BCUT2D eigenvalue weighted by Crippen LogP contribution is 2.21. The minimum Gasteiger partial charge on any atom is -0.544 e. The van der Waals surface area contributed by atoms with Gasteiger partial charge in [-0.05, 0) is 32.1 Å². The average Bonchev–Trinajstić information content (AvgIpc) is 3.06. The van der Waals surface area contributed by atoms with Gasteiger partial charge in [0.15, 0.2) is 0 Å². The van der Waals surface area contributed by atoms with Gasteiger partial charge in [-0.1, -0.05) is 70.4 Å². The van der Waals surface area contributed by atoms with Crippen molar-refractivity contribution >= 4 is 11.8 Å². The van der Waals surface area contributed by atoms with Gasteiger partial charge in [-0.2, -0.15) is 0 Å². The van der Waals surface area contributed by atoms with Gasteiger partial charge in [-0.15, -0.1) is 0 Å². The zero-order valence-corrected chi connectivity index (χ0v) is 18.6. The summed E-state index contributed by atoms with van der Waals surface area (Å²) in [5.41, 5.74) is 5.69. The minimum atomic E-state index is -1.05. The Bertz CT molecular complexity index is 528. The summed E-state index contributed by atoms with van der Waals surface area (Å²) in [4.78, 5) is 15.5. The molecular weight excluding hydrogens is 362 g/mol. The van der Waals surface area contributed by atoms with E-state index in [-0.39, 0.29) is 11.0 Å². The fraction of sp³-hybridized carbons (Fsp3) is 0.750. The first-order valence-electron chi connectivity index (χ1n) is 11.8. The van der Waals surface area contributed by atoms with Gasteiger partial charge in [0.2, 0.25) is 5.84 Å². The molecule has 0 aromatic heterocycles. The summed E-state index contributed by atoms with van der Waals surface area (Å²) in [5, 5.41) is 11.1. The van der Waals surface area contributed by atoms with Crippen LogP contribution < -0.4 is 10.8 Å². The molecule has 0 aromatic rings. The molecule has 0 aromatic carbocycles. The lowest BCUT2D eigenvalue weighted by Crippen LogP contribution is -2.55. The highest BCUT2D eigenvalue weighted by atomic mass is 16.4. The molecule has 1 heterocycles. The lowest BCUT2D eigenvalue weighted by atomic mass is 10.1. The average molecular weight is 406 g/mol. The molecule has 0 spiro atoms. The standard InChI is InChI=1S/C24H43N3O2/c1-2-3-4-5-6-7-8-9-10-11-12-13-14-15-16-17-23-26-19-21-27(23,20-18-25)22-24(28)29/h9-10,19,21H,2-8,11-18,20,22,25H2,1H3/b10-9+. The Balaban J connectivity index is 2.04. The largest absolute Gasteiger partial charge is 0.544 e. The van der Waals surface area contributed by atoms with E-state index < -0.39 is 5.97 Å². The summed E-state index contributed by atoms with van der Waals surface area (Å²) >= 11 is 0. The zero-order chi connectivity index (χ0) is 21.2. The van der Waals surface area contributed by atoms with Crippen molar-refractivity contribution in [3.63, 3.8) is 0 Å². The molecule has 0 radical (unpaired) electrons. The Labute approximate surface area is 178 Å². The predicted molar refractivity (Wildman–Crippen MR) is 120 cm³/mol. The number of carbonyl (C=O) groups excluding carboxylic acids is 1. The fourth-order valence-electron chi connectivity index (χ4n) is 3.98. The zero-order valence-electron chi connectivity index (χ0n) is 18.6. The Kier molecular flexibility index (Phi) is 14.4. The van der Waals surface area contributed by atoms with Crippen molar-refractivity contribution in [3.8, 4) is 0 Å². The van der Waals surface area contributed by atoms with Crippen LogP contribution >= 0.6 is 0 Å². The van der Waals surface area contributed by atoms with E-state index in [1.165, 1.54) is 70.6 Å². The molecule has 5 nitrogen and oxygen atoms in total. The van der Waals surface area contributed by atoms with Gasteiger partial charge in [0.25, 0.3) is 0 Å². The number of aliphatic imine (C=N–C) groups is 1. The molecule has 0 amide bonds. The maximum Gasteiger partial charge on any atom is 0.207 e. The number of amidine groups is 1. The third kappa shape index (κ3) is 11.3. The third-order valence-electron chi connectivity index (χ3n) is 5.69. The van der Waals surface area contributed by atoms with Crippen molar-refractivity contribution < 1.29 is 14.4 Å². The molecule has 1 rings (SSSR count). The van der Waals surface area contributed by atoms with Gasteiger partial charge in [-0.3, -0.25) is 0 Å². The number of hydrogen-bond donors (Lipinski definition) is 1. The van der Waals surface area contributed by atoms with E-state index in [0.717, 1.165) is 25.1 Å². The van der Waals surface area contributed by atoms with Crippen LogP contribution in [0.5, 0.6) is 0 Å². The molecule has 0 saturated heterocycles. The Morgan fingerprint density at radius 2 is 1.59 bits per heavy atom. The van der Waals surface area contributed by atoms with E-state index in [1.807, 2.05) is 6.20 Å². The number of rotatable bonds is 19. The third-order valence-corrected chi connectivity index (χ3v) is 5.69. The van der Waals surface area contributed by atoms with Gasteiger partial charge < -0.3 is 15.6 Å². The second kappa shape index (κ2) is 16.3. The number of aliphatic carboxylic acids is 1. The summed E-state index contributed by atoms with van der Waals surface area (Å²) in [6.45, 7) is 3.19. The van der Waals surface area contributed by atoms with Crippen molar-refractivity contribution in [1.29, 1.82) is 0 Å². The van der Waals surface area contributed by atoms with E-state index in [9.17, 15) is 9.90 Å². The van der Waals surface area contributed by atoms with Crippen LogP contribution in [0.4, 0.5) is 0 Å². The monoisotopic (exact) mass is 405 g/mol. The van der Waals surface area contributed by atoms with Gasteiger partial charge in [0.1, 0.15) is 19.3 Å². The van der Waals surface area contributed by atoms with Crippen LogP contribution in [-0.4, -0.2) is 35.9 Å². The molecule has 1 aliphatic rings. The van der Waals surface area contributed by atoms with Crippen LogP contribution in [-0.2, 0) is 4.79 Å². The van der Waals surface area contributed by atoms with Gasteiger partial charge >= 0.3 is 0 Å². The molecule has 1 unspecified atom stereocenters. The van der Waals surface area contributed by atoms with Crippen molar-refractivity contribution in [2.45, 2.75) is 96.8 Å². The van der Waals surface area contributed by atoms with E-state index >= 15 is 0 Å². The van der Waals surface area contributed by atoms with Crippen LogP contribution in [0, 0.1) is 0 Å². The van der Waals surface area contributed by atoms with Crippen LogP contribution in [0.25, 0.3) is 0 Å². The quantitative estimate of drug-likeness (QED) is 0.196. The number of allylic oxidation sites excluding steroid dienone is 2.